The van der Waals surface area contributed by atoms with Crippen LogP contribution in [0.2, 0.25) is 0 Å². The first-order chi connectivity index (χ1) is 35.7. The number of benzene rings is 5. The monoisotopic (exact) mass is 994 g/mol. The molecule has 3 amide bonds. The number of ether oxygens (including phenoxy) is 6. The molecule has 3 N–H and O–H groups in total. The van der Waals surface area contributed by atoms with E-state index in [0.717, 1.165) is 89.4 Å². The molecule has 388 valence electrons. The van der Waals surface area contributed by atoms with Crippen LogP contribution in [-0.2, 0) is 20.8 Å². The van der Waals surface area contributed by atoms with Gasteiger partial charge in [0.05, 0.1) is 34.5 Å². The van der Waals surface area contributed by atoms with Crippen molar-refractivity contribution in [1.82, 2.24) is 16.0 Å². The molecule has 0 bridgehead atoms. The highest BCUT2D eigenvalue weighted by Crippen LogP contribution is 2.41. The fraction of sp³-hybridized carbons (Fsp3) is 0.459. The molecule has 5 unspecified atom stereocenters. The molecule has 10 rings (SSSR count). The highest BCUT2D eigenvalue weighted by Gasteiger charge is 2.29. The van der Waals surface area contributed by atoms with E-state index in [1.807, 2.05) is 60.7 Å². The molecule has 3 aliphatic heterocycles. The van der Waals surface area contributed by atoms with Gasteiger partial charge in [-0.15, -0.1) is 0 Å². The highest BCUT2D eigenvalue weighted by molar-refractivity contribution is 5.80. The molecule has 5 aromatic rings. The largest absolute Gasteiger partial charge is 0.493 e. The van der Waals surface area contributed by atoms with E-state index >= 15 is 0 Å². The van der Waals surface area contributed by atoms with Gasteiger partial charge in [-0.25, -0.2) is 0 Å². The molecule has 4 fully saturated rings. The third-order valence-corrected chi connectivity index (χ3v) is 15.2. The zero-order valence-corrected chi connectivity index (χ0v) is 43.3. The summed E-state index contributed by atoms with van der Waals surface area (Å²) in [7, 11) is 4.98. The molecule has 12 heteroatoms. The predicted octanol–water partition coefficient (Wildman–Crippen LogP) is 11.3. The second-order valence-corrected chi connectivity index (χ2v) is 20.1. The van der Waals surface area contributed by atoms with Crippen LogP contribution in [0.25, 0.3) is 0 Å². The third kappa shape index (κ3) is 14.5. The average molecular weight is 994 g/mol. The van der Waals surface area contributed by atoms with Gasteiger partial charge in [0.1, 0.15) is 6.10 Å². The first-order valence-corrected chi connectivity index (χ1v) is 26.6. The molecule has 5 atom stereocenters. The fourth-order valence-electron chi connectivity index (χ4n) is 10.8. The summed E-state index contributed by atoms with van der Waals surface area (Å²) in [6, 6.07) is 36.9. The van der Waals surface area contributed by atoms with Crippen molar-refractivity contribution in [3.63, 3.8) is 0 Å². The smallest absolute Gasteiger partial charge is 0.220 e. The summed E-state index contributed by atoms with van der Waals surface area (Å²) in [5.41, 5.74) is 7.34. The Hall–Kier alpha value is -6.69. The predicted molar refractivity (Wildman–Crippen MR) is 284 cm³/mol. The fourth-order valence-corrected chi connectivity index (χ4v) is 10.8. The van der Waals surface area contributed by atoms with Crippen LogP contribution in [-0.4, -0.2) is 71.9 Å². The third-order valence-electron chi connectivity index (χ3n) is 15.2. The standard InChI is InChI=1S/C21H25NO3.C20H21NO3.C20H29NO3/c1-15(16-6-4-3-5-7-16)10-11-25-20-12-17(8-9-19(20)24-2)18-13-21(23)22-14-18;1-23-18-9-7-14(15-11-20(22)21-12-15)10-19(18)24-17-8-6-13-4-2-3-5-16(13)17;1-23-18-10-9-16(17-13-20(22)21-14-17)12-19(18)24-11-5-8-15-6-3-2-4-7-15/h3-9,12,15,18H,10-11,13-14H2,1-2H3,(H,22,23);2-5,7,9-10,15,17H,6,8,11-12H2,1H3,(H,21,22);9-10,12,15,17H,2-8,11,13-14H2,1H3,(H,21,22). The summed E-state index contributed by atoms with van der Waals surface area (Å²) in [6.45, 7) is 5.66. The van der Waals surface area contributed by atoms with Gasteiger partial charge in [0.15, 0.2) is 34.5 Å². The Balaban J connectivity index is 0.000000146. The average Bonchev–Trinajstić information content (AvgIpc) is 4.27. The first-order valence-electron chi connectivity index (χ1n) is 26.6. The molecule has 1 saturated carbocycles. The number of rotatable bonds is 18. The number of fused-ring (bicyclic) bond motifs is 1. The molecule has 0 aromatic heterocycles. The maximum atomic E-state index is 11.5. The number of hydrogen-bond donors (Lipinski definition) is 3. The Kier molecular flexibility index (Phi) is 19.0. The second kappa shape index (κ2) is 26.3. The van der Waals surface area contributed by atoms with Gasteiger partial charge < -0.3 is 44.4 Å². The van der Waals surface area contributed by atoms with E-state index in [9.17, 15) is 14.4 Å². The summed E-state index contributed by atoms with van der Waals surface area (Å²) in [4.78, 5) is 34.4. The van der Waals surface area contributed by atoms with Gasteiger partial charge in [-0.05, 0) is 114 Å². The van der Waals surface area contributed by atoms with Crippen molar-refractivity contribution in [2.24, 2.45) is 5.92 Å². The van der Waals surface area contributed by atoms with Crippen molar-refractivity contribution in [3.05, 3.63) is 143 Å². The number of nitrogens with one attached hydrogen (secondary N) is 3. The van der Waals surface area contributed by atoms with E-state index in [4.69, 9.17) is 28.4 Å². The summed E-state index contributed by atoms with van der Waals surface area (Å²) in [5, 5.41) is 8.67. The maximum Gasteiger partial charge on any atom is 0.220 e. The number of amides is 3. The SMILES string of the molecule is COc1ccc(C2CNC(=O)C2)cc1OC1CCc2ccccc21.COc1ccc(C2CNC(=O)C2)cc1OCCC(C)c1ccccc1.COc1ccc(C2CNC(=O)C2)cc1OCCCC1CCCCC1. The first kappa shape index (κ1) is 52.6. The van der Waals surface area contributed by atoms with Crippen molar-refractivity contribution in [2.45, 2.75) is 120 Å². The molecule has 3 saturated heterocycles. The lowest BCUT2D eigenvalue weighted by atomic mass is 9.86. The Morgan fingerprint density at radius 3 is 1.55 bits per heavy atom. The molecular weight excluding hydrogens is 919 g/mol. The van der Waals surface area contributed by atoms with Crippen LogP contribution >= 0.6 is 0 Å². The van der Waals surface area contributed by atoms with Crippen molar-refractivity contribution >= 4 is 17.7 Å². The minimum atomic E-state index is 0.0636. The summed E-state index contributed by atoms with van der Waals surface area (Å²) >= 11 is 0. The highest BCUT2D eigenvalue weighted by atomic mass is 16.5. The van der Waals surface area contributed by atoms with Crippen LogP contribution in [0.15, 0.2) is 109 Å². The van der Waals surface area contributed by atoms with Crippen molar-refractivity contribution in [1.29, 1.82) is 0 Å². The topological polar surface area (TPSA) is 143 Å². The Morgan fingerprint density at radius 1 is 0.534 bits per heavy atom. The van der Waals surface area contributed by atoms with E-state index in [1.165, 1.54) is 55.2 Å². The Morgan fingerprint density at radius 2 is 1.03 bits per heavy atom. The lowest BCUT2D eigenvalue weighted by Gasteiger charge is -2.21. The van der Waals surface area contributed by atoms with E-state index in [-0.39, 0.29) is 41.6 Å². The summed E-state index contributed by atoms with van der Waals surface area (Å²) in [6.07, 6.45) is 14.0. The normalized spacial score (nSPS) is 20.5. The van der Waals surface area contributed by atoms with Gasteiger partial charge in [-0.1, -0.05) is 112 Å². The zero-order chi connectivity index (χ0) is 50.9. The molecule has 5 aromatic carbocycles. The van der Waals surface area contributed by atoms with E-state index in [2.05, 4.69) is 71.4 Å². The Labute approximate surface area is 432 Å². The lowest BCUT2D eigenvalue weighted by Crippen LogP contribution is -2.13. The molecule has 5 aliphatic rings. The molecule has 2 aliphatic carbocycles. The second-order valence-electron chi connectivity index (χ2n) is 20.1. The van der Waals surface area contributed by atoms with Crippen molar-refractivity contribution < 1.29 is 42.8 Å². The Bertz CT molecular complexity index is 2600. The molecule has 3 heterocycles. The number of aryl methyl sites for hydroxylation is 1. The van der Waals surface area contributed by atoms with Gasteiger partial charge in [-0.2, -0.15) is 0 Å². The van der Waals surface area contributed by atoms with Gasteiger partial charge >= 0.3 is 0 Å². The van der Waals surface area contributed by atoms with E-state index in [1.54, 1.807) is 21.3 Å². The number of carbonyl (C=O) groups excluding carboxylic acids is 3. The molecule has 0 spiro atoms. The van der Waals surface area contributed by atoms with Gasteiger partial charge in [-0.3, -0.25) is 14.4 Å². The minimum Gasteiger partial charge on any atom is -0.493 e. The summed E-state index contributed by atoms with van der Waals surface area (Å²) in [5.74, 6) is 6.90. The van der Waals surface area contributed by atoms with Gasteiger partial charge in [0.25, 0.3) is 0 Å². The van der Waals surface area contributed by atoms with Crippen LogP contribution in [0.3, 0.4) is 0 Å². The number of methoxy groups -OCH3 is 3. The van der Waals surface area contributed by atoms with Crippen molar-refractivity contribution in [3.8, 4) is 34.5 Å². The van der Waals surface area contributed by atoms with Crippen LogP contribution in [0, 0.1) is 5.92 Å². The van der Waals surface area contributed by atoms with Gasteiger partial charge in [0.2, 0.25) is 17.7 Å². The molecule has 0 radical (unpaired) electrons. The zero-order valence-electron chi connectivity index (χ0n) is 43.3. The number of carbonyl (C=O) groups is 3. The van der Waals surface area contributed by atoms with Gasteiger partial charge in [0, 0.05) is 56.7 Å². The van der Waals surface area contributed by atoms with Crippen LogP contribution in [0.1, 0.15) is 147 Å². The lowest BCUT2D eigenvalue weighted by molar-refractivity contribution is -0.120. The quantitative estimate of drug-likeness (QED) is 0.0731. The van der Waals surface area contributed by atoms with Crippen LogP contribution in [0.4, 0.5) is 0 Å². The maximum absolute atomic E-state index is 11.5. The molecular formula is C61H75N3O9. The molecule has 12 nitrogen and oxygen atoms in total. The minimum absolute atomic E-state index is 0.0636. The van der Waals surface area contributed by atoms with E-state index < -0.39 is 0 Å². The van der Waals surface area contributed by atoms with Crippen LogP contribution in [0.5, 0.6) is 34.5 Å². The van der Waals surface area contributed by atoms with Crippen molar-refractivity contribution in [2.75, 3.05) is 54.2 Å². The van der Waals surface area contributed by atoms with E-state index in [0.29, 0.717) is 51.4 Å². The molecule has 73 heavy (non-hydrogen) atoms. The summed E-state index contributed by atoms with van der Waals surface area (Å²) < 4.78 is 34.7. The van der Waals surface area contributed by atoms with Crippen LogP contribution < -0.4 is 44.4 Å². The number of hydrogen-bond acceptors (Lipinski definition) is 9.